The summed E-state index contributed by atoms with van der Waals surface area (Å²) in [5.74, 6) is -0.0817. The van der Waals surface area contributed by atoms with E-state index >= 15 is 0 Å². The predicted octanol–water partition coefficient (Wildman–Crippen LogP) is 2.87. The first-order chi connectivity index (χ1) is 11.1. The number of aromatic nitrogens is 1. The van der Waals surface area contributed by atoms with Crippen LogP contribution in [0, 0.1) is 5.92 Å². The number of hydrogen-bond donors (Lipinski definition) is 2. The van der Waals surface area contributed by atoms with Gasteiger partial charge in [-0.2, -0.15) is 0 Å². The summed E-state index contributed by atoms with van der Waals surface area (Å²) >= 11 is 5.88. The fourth-order valence-electron chi connectivity index (χ4n) is 2.94. The Morgan fingerprint density at radius 2 is 2.17 bits per heavy atom. The van der Waals surface area contributed by atoms with Gasteiger partial charge in [0.15, 0.2) is 17.1 Å². The molecular formula is C16H18ClN3O3. The number of carboxylic acid groups (broad SMARTS) is 1. The van der Waals surface area contributed by atoms with E-state index in [1.165, 1.54) is 0 Å². The number of hydrogen-bond acceptors (Lipinski definition) is 5. The van der Waals surface area contributed by atoms with Gasteiger partial charge >= 0.3 is 5.97 Å². The summed E-state index contributed by atoms with van der Waals surface area (Å²) in [6.45, 7) is 2.04. The van der Waals surface area contributed by atoms with Crippen LogP contribution in [0.4, 0.5) is 5.82 Å². The molecule has 1 fully saturated rings. The zero-order valence-corrected chi connectivity index (χ0v) is 13.3. The van der Waals surface area contributed by atoms with Crippen LogP contribution in [0.15, 0.2) is 28.8 Å². The van der Waals surface area contributed by atoms with Crippen LogP contribution >= 0.6 is 11.6 Å². The van der Waals surface area contributed by atoms with Crippen molar-refractivity contribution in [2.24, 2.45) is 11.7 Å². The van der Waals surface area contributed by atoms with Gasteiger partial charge in [-0.15, -0.1) is 0 Å². The van der Waals surface area contributed by atoms with Gasteiger partial charge < -0.3 is 20.3 Å². The largest absolute Gasteiger partial charge is 0.477 e. The molecule has 1 aliphatic heterocycles. The number of nitrogens with zero attached hydrogens (tertiary/aromatic N) is 2. The zero-order chi connectivity index (χ0) is 16.4. The second kappa shape index (κ2) is 6.60. The highest BCUT2D eigenvalue weighted by atomic mass is 35.5. The van der Waals surface area contributed by atoms with Crippen molar-refractivity contribution in [3.63, 3.8) is 0 Å². The first kappa shape index (κ1) is 15.8. The minimum Gasteiger partial charge on any atom is -0.477 e. The molecule has 1 saturated heterocycles. The molecule has 1 aliphatic rings. The highest BCUT2D eigenvalue weighted by molar-refractivity contribution is 6.30. The number of benzene rings is 1. The molecule has 1 aromatic carbocycles. The van der Waals surface area contributed by atoms with Gasteiger partial charge in [0.2, 0.25) is 0 Å². The summed E-state index contributed by atoms with van der Waals surface area (Å²) in [6.07, 6.45) is 2.02. The van der Waals surface area contributed by atoms with Crippen LogP contribution in [0.25, 0.3) is 11.3 Å². The maximum absolute atomic E-state index is 11.8. The summed E-state index contributed by atoms with van der Waals surface area (Å²) in [5, 5.41) is 14.2. The molecule has 3 rings (SSSR count). The summed E-state index contributed by atoms with van der Waals surface area (Å²) in [4.78, 5) is 13.7. The van der Waals surface area contributed by atoms with Gasteiger partial charge in [-0.25, -0.2) is 4.79 Å². The van der Waals surface area contributed by atoms with Crippen molar-refractivity contribution in [1.29, 1.82) is 0 Å². The molecule has 7 heteroatoms. The molecular weight excluding hydrogens is 318 g/mol. The Bertz CT molecular complexity index is 699. The number of rotatable bonds is 4. The highest BCUT2D eigenvalue weighted by Gasteiger charge is 2.30. The third-order valence-electron chi connectivity index (χ3n) is 4.15. The summed E-state index contributed by atoms with van der Waals surface area (Å²) in [7, 11) is 0. The SMILES string of the molecule is NCC1CCCN(c2noc(-c3ccc(Cl)cc3)c2C(=O)O)C1. The van der Waals surface area contributed by atoms with Crippen molar-refractivity contribution in [3.8, 4) is 11.3 Å². The molecule has 0 aliphatic carbocycles. The maximum Gasteiger partial charge on any atom is 0.343 e. The van der Waals surface area contributed by atoms with Crippen molar-refractivity contribution in [2.75, 3.05) is 24.5 Å². The zero-order valence-electron chi connectivity index (χ0n) is 12.5. The van der Waals surface area contributed by atoms with E-state index in [1.807, 2.05) is 4.90 Å². The molecule has 1 atom stereocenters. The minimum atomic E-state index is -1.05. The number of carbonyl (C=O) groups is 1. The van der Waals surface area contributed by atoms with E-state index in [9.17, 15) is 9.90 Å². The second-order valence-corrected chi connectivity index (χ2v) is 6.15. The Kier molecular flexibility index (Phi) is 4.54. The molecule has 3 N–H and O–H groups in total. The van der Waals surface area contributed by atoms with E-state index in [0.717, 1.165) is 19.4 Å². The van der Waals surface area contributed by atoms with E-state index in [-0.39, 0.29) is 11.3 Å². The van der Waals surface area contributed by atoms with Crippen LogP contribution in [-0.4, -0.2) is 35.9 Å². The number of piperidine rings is 1. The molecule has 2 heterocycles. The smallest absolute Gasteiger partial charge is 0.343 e. The fourth-order valence-corrected chi connectivity index (χ4v) is 3.06. The van der Waals surface area contributed by atoms with Gasteiger partial charge in [0.05, 0.1) is 0 Å². The predicted molar refractivity (Wildman–Crippen MR) is 87.9 cm³/mol. The van der Waals surface area contributed by atoms with Crippen LogP contribution in [-0.2, 0) is 0 Å². The van der Waals surface area contributed by atoms with E-state index in [2.05, 4.69) is 5.16 Å². The Labute approximate surface area is 138 Å². The monoisotopic (exact) mass is 335 g/mol. The average Bonchev–Trinajstić information content (AvgIpc) is 3.01. The van der Waals surface area contributed by atoms with Crippen LogP contribution in [0.2, 0.25) is 5.02 Å². The van der Waals surface area contributed by atoms with Gasteiger partial charge in [0.25, 0.3) is 0 Å². The molecule has 122 valence electrons. The van der Waals surface area contributed by atoms with Gasteiger partial charge in [-0.05, 0) is 49.6 Å². The third-order valence-corrected chi connectivity index (χ3v) is 4.40. The highest BCUT2D eigenvalue weighted by Crippen LogP contribution is 2.33. The van der Waals surface area contributed by atoms with Gasteiger partial charge in [0.1, 0.15) is 0 Å². The number of nitrogens with two attached hydrogens (primary N) is 1. The number of anilines is 1. The van der Waals surface area contributed by atoms with Crippen molar-refractivity contribution >= 4 is 23.4 Å². The van der Waals surface area contributed by atoms with E-state index in [0.29, 0.717) is 35.4 Å². The topological polar surface area (TPSA) is 92.6 Å². The molecule has 0 saturated carbocycles. The average molecular weight is 336 g/mol. The van der Waals surface area contributed by atoms with E-state index in [1.54, 1.807) is 24.3 Å². The standard InChI is InChI=1S/C16H18ClN3O3/c17-12-5-3-11(4-6-12)14-13(16(21)22)15(19-23-14)20-7-1-2-10(8-18)9-20/h3-6,10H,1-2,7-9,18H2,(H,21,22). The van der Waals surface area contributed by atoms with Gasteiger partial charge in [0, 0.05) is 23.7 Å². The van der Waals surface area contributed by atoms with Crippen LogP contribution in [0.1, 0.15) is 23.2 Å². The molecule has 2 aromatic rings. The Hall–Kier alpha value is -2.05. The summed E-state index contributed by atoms with van der Waals surface area (Å²) in [5.41, 5.74) is 6.48. The second-order valence-electron chi connectivity index (χ2n) is 5.71. The Morgan fingerprint density at radius 1 is 1.43 bits per heavy atom. The fraction of sp³-hybridized carbons (Fsp3) is 0.375. The lowest BCUT2D eigenvalue weighted by Gasteiger charge is -2.32. The maximum atomic E-state index is 11.8. The van der Waals surface area contributed by atoms with Crippen molar-refractivity contribution in [2.45, 2.75) is 12.8 Å². The molecule has 0 spiro atoms. The van der Waals surface area contributed by atoms with Crippen molar-refractivity contribution < 1.29 is 14.4 Å². The molecule has 0 bridgehead atoms. The Balaban J connectivity index is 1.99. The molecule has 6 nitrogen and oxygen atoms in total. The number of carboxylic acids is 1. The third kappa shape index (κ3) is 3.18. The molecule has 1 unspecified atom stereocenters. The van der Waals surface area contributed by atoms with Crippen molar-refractivity contribution in [1.82, 2.24) is 5.16 Å². The van der Waals surface area contributed by atoms with Crippen LogP contribution < -0.4 is 10.6 Å². The van der Waals surface area contributed by atoms with E-state index in [4.69, 9.17) is 21.9 Å². The Morgan fingerprint density at radius 3 is 2.83 bits per heavy atom. The lowest BCUT2D eigenvalue weighted by molar-refractivity contribution is 0.0697. The number of aromatic carboxylic acids is 1. The summed E-state index contributed by atoms with van der Waals surface area (Å²) < 4.78 is 5.36. The first-order valence-corrected chi connectivity index (χ1v) is 7.92. The van der Waals surface area contributed by atoms with E-state index < -0.39 is 5.97 Å². The number of halogens is 1. The molecule has 23 heavy (non-hydrogen) atoms. The lowest BCUT2D eigenvalue weighted by atomic mass is 9.98. The quantitative estimate of drug-likeness (QED) is 0.892. The first-order valence-electron chi connectivity index (χ1n) is 7.54. The van der Waals surface area contributed by atoms with Crippen molar-refractivity contribution in [3.05, 3.63) is 34.9 Å². The van der Waals surface area contributed by atoms with Gasteiger partial charge in [-0.1, -0.05) is 16.8 Å². The lowest BCUT2D eigenvalue weighted by Crippen LogP contribution is -2.39. The normalized spacial score (nSPS) is 18.2. The molecule has 0 radical (unpaired) electrons. The van der Waals surface area contributed by atoms with Crippen LogP contribution in [0.5, 0.6) is 0 Å². The molecule has 1 aromatic heterocycles. The van der Waals surface area contributed by atoms with Crippen LogP contribution in [0.3, 0.4) is 0 Å². The minimum absolute atomic E-state index is 0.0880. The summed E-state index contributed by atoms with van der Waals surface area (Å²) in [6, 6.07) is 6.82. The van der Waals surface area contributed by atoms with Gasteiger partial charge in [-0.3, -0.25) is 0 Å². The molecule has 0 amide bonds.